The van der Waals surface area contributed by atoms with Gasteiger partial charge in [0.25, 0.3) is 5.91 Å². The van der Waals surface area contributed by atoms with Crippen molar-refractivity contribution in [3.8, 4) is 5.75 Å². The van der Waals surface area contributed by atoms with Gasteiger partial charge in [0.1, 0.15) is 0 Å². The summed E-state index contributed by atoms with van der Waals surface area (Å²) >= 11 is 7.73. The number of thiophene rings is 1. The first-order valence-electron chi connectivity index (χ1n) is 10.4. The Bertz CT molecular complexity index is 1110. The zero-order valence-electron chi connectivity index (χ0n) is 17.5. The van der Waals surface area contributed by atoms with Gasteiger partial charge in [-0.3, -0.25) is 9.74 Å². The molecule has 172 valence electrons. The van der Waals surface area contributed by atoms with E-state index in [1.807, 2.05) is 17.5 Å². The molecule has 0 bridgehead atoms. The highest BCUT2D eigenvalue weighted by atomic mass is 35.5. The number of carbonyl (C=O) groups is 1. The first-order valence-corrected chi connectivity index (χ1v) is 11.6. The standard InChI is InChI=1S/C24H22ClFN2O4S/c25-21-8-5-16(11-17(21)10-15-3-6-19(32-26)7-4-15)22-13-18(29)12-20(31-22)14-27-28-24(30)23-2-1-9-33-23/h1-9,11,14,18,20,22,29H,10,12-13H2,(H,28,30)/b27-14+/t18-,20-,22+/m0/s1. The highest BCUT2D eigenvalue weighted by Crippen LogP contribution is 2.33. The van der Waals surface area contributed by atoms with Crippen molar-refractivity contribution in [3.05, 3.63) is 86.6 Å². The lowest BCUT2D eigenvalue weighted by Gasteiger charge is -2.32. The number of amides is 1. The highest BCUT2D eigenvalue weighted by molar-refractivity contribution is 7.12. The van der Waals surface area contributed by atoms with Crippen LogP contribution in [-0.2, 0) is 11.2 Å². The van der Waals surface area contributed by atoms with Gasteiger partial charge in [-0.2, -0.15) is 5.10 Å². The van der Waals surface area contributed by atoms with E-state index in [-0.39, 0.29) is 17.8 Å². The largest absolute Gasteiger partial charge is 0.393 e. The van der Waals surface area contributed by atoms with E-state index in [2.05, 4.69) is 15.5 Å². The molecule has 3 aromatic rings. The zero-order chi connectivity index (χ0) is 23.2. The molecule has 1 aromatic heterocycles. The van der Waals surface area contributed by atoms with Crippen LogP contribution in [0.25, 0.3) is 0 Å². The van der Waals surface area contributed by atoms with E-state index in [0.29, 0.717) is 29.2 Å². The molecular weight excluding hydrogens is 467 g/mol. The van der Waals surface area contributed by atoms with Crippen molar-refractivity contribution in [2.45, 2.75) is 37.6 Å². The summed E-state index contributed by atoms with van der Waals surface area (Å²) in [7, 11) is 0. The van der Waals surface area contributed by atoms with Crippen molar-refractivity contribution in [2.75, 3.05) is 0 Å². The number of rotatable bonds is 7. The summed E-state index contributed by atoms with van der Waals surface area (Å²) in [5, 5.41) is 16.8. The minimum atomic E-state index is -0.569. The average molecular weight is 489 g/mol. The zero-order valence-corrected chi connectivity index (χ0v) is 19.1. The van der Waals surface area contributed by atoms with Crippen LogP contribution in [0.4, 0.5) is 4.53 Å². The Morgan fingerprint density at radius 3 is 2.82 bits per heavy atom. The lowest BCUT2D eigenvalue weighted by atomic mass is 9.94. The maximum absolute atomic E-state index is 12.3. The van der Waals surface area contributed by atoms with Crippen molar-refractivity contribution >= 4 is 35.1 Å². The Hall–Kier alpha value is -2.78. The van der Waals surface area contributed by atoms with Gasteiger partial charge in [-0.25, -0.2) is 5.43 Å². The van der Waals surface area contributed by atoms with Crippen LogP contribution in [0.3, 0.4) is 0 Å². The number of hydrogen-bond acceptors (Lipinski definition) is 6. The van der Waals surface area contributed by atoms with Crippen molar-refractivity contribution in [2.24, 2.45) is 5.10 Å². The quantitative estimate of drug-likeness (QED) is 0.351. The van der Waals surface area contributed by atoms with Gasteiger partial charge in [0.15, 0.2) is 5.75 Å². The number of hydrogen-bond donors (Lipinski definition) is 2. The van der Waals surface area contributed by atoms with Crippen LogP contribution in [0.15, 0.2) is 65.1 Å². The molecule has 1 amide bonds. The molecule has 0 spiro atoms. The first kappa shape index (κ1) is 23.4. The van der Waals surface area contributed by atoms with E-state index in [9.17, 15) is 14.4 Å². The fourth-order valence-electron chi connectivity index (χ4n) is 3.70. The fraction of sp³-hybridized carbons (Fsp3) is 0.250. The molecule has 3 atom stereocenters. The third-order valence-electron chi connectivity index (χ3n) is 5.33. The molecule has 0 saturated carbocycles. The molecule has 0 radical (unpaired) electrons. The summed E-state index contributed by atoms with van der Waals surface area (Å²) in [6, 6.07) is 15.8. The second-order valence-corrected chi connectivity index (χ2v) is 9.09. The third-order valence-corrected chi connectivity index (χ3v) is 6.57. The van der Waals surface area contributed by atoms with E-state index in [0.717, 1.165) is 16.7 Å². The molecule has 6 nitrogen and oxygen atoms in total. The number of aliphatic hydroxyl groups is 1. The molecule has 33 heavy (non-hydrogen) atoms. The number of aliphatic hydroxyl groups excluding tert-OH is 1. The van der Waals surface area contributed by atoms with Crippen molar-refractivity contribution in [3.63, 3.8) is 0 Å². The van der Waals surface area contributed by atoms with Crippen molar-refractivity contribution in [1.82, 2.24) is 5.43 Å². The number of halogens is 2. The van der Waals surface area contributed by atoms with Crippen LogP contribution in [0, 0.1) is 0 Å². The smallest absolute Gasteiger partial charge is 0.281 e. The van der Waals surface area contributed by atoms with E-state index >= 15 is 0 Å². The van der Waals surface area contributed by atoms with Crippen LogP contribution in [-0.4, -0.2) is 29.4 Å². The summed E-state index contributed by atoms with van der Waals surface area (Å²) in [5.41, 5.74) is 5.21. The van der Waals surface area contributed by atoms with Crippen LogP contribution in [0.5, 0.6) is 5.75 Å². The van der Waals surface area contributed by atoms with Crippen molar-refractivity contribution < 1.29 is 24.1 Å². The van der Waals surface area contributed by atoms with E-state index in [4.69, 9.17) is 16.3 Å². The molecule has 1 aliphatic rings. The van der Waals surface area contributed by atoms with Gasteiger partial charge in [0.2, 0.25) is 0 Å². The second-order valence-electron chi connectivity index (χ2n) is 7.73. The van der Waals surface area contributed by atoms with Crippen LogP contribution < -0.4 is 10.4 Å². The highest BCUT2D eigenvalue weighted by Gasteiger charge is 2.29. The molecule has 0 aliphatic carbocycles. The molecule has 2 aromatic carbocycles. The van der Waals surface area contributed by atoms with Gasteiger partial charge in [0.05, 0.1) is 29.4 Å². The molecule has 1 saturated heterocycles. The lowest BCUT2D eigenvalue weighted by molar-refractivity contribution is -0.0681. The summed E-state index contributed by atoms with van der Waals surface area (Å²) in [4.78, 5) is 16.3. The SMILES string of the molecule is O=C(N/N=C/[C@@H]1C[C@H](O)C[C@H](c2ccc(Cl)c(Cc3ccc(OF)cc3)c2)O1)c1cccs1. The predicted molar refractivity (Wildman–Crippen MR) is 126 cm³/mol. The summed E-state index contributed by atoms with van der Waals surface area (Å²) in [5.74, 6) is -0.148. The monoisotopic (exact) mass is 488 g/mol. The molecule has 4 rings (SSSR count). The van der Waals surface area contributed by atoms with Crippen LogP contribution in [0.2, 0.25) is 5.02 Å². The van der Waals surface area contributed by atoms with Crippen LogP contribution in [0.1, 0.15) is 45.3 Å². The number of nitrogens with one attached hydrogen (secondary N) is 1. The van der Waals surface area contributed by atoms with E-state index < -0.39 is 12.2 Å². The normalized spacial score (nSPS) is 20.6. The maximum atomic E-state index is 12.3. The number of benzene rings is 2. The van der Waals surface area contributed by atoms with Gasteiger partial charge >= 0.3 is 0 Å². The van der Waals surface area contributed by atoms with Gasteiger partial charge < -0.3 is 9.84 Å². The topological polar surface area (TPSA) is 80.2 Å². The maximum Gasteiger partial charge on any atom is 0.281 e. The number of nitrogens with zero attached hydrogens (tertiary/aromatic N) is 1. The molecule has 2 N–H and O–H groups in total. The Morgan fingerprint density at radius 1 is 1.27 bits per heavy atom. The molecule has 9 heteroatoms. The van der Waals surface area contributed by atoms with Gasteiger partial charge in [-0.15, -0.1) is 11.3 Å². The predicted octanol–water partition coefficient (Wildman–Crippen LogP) is 5.25. The molecule has 0 unspecified atom stereocenters. The van der Waals surface area contributed by atoms with E-state index in [1.165, 1.54) is 17.6 Å². The summed E-state index contributed by atoms with van der Waals surface area (Å²) in [6.45, 7) is 0. The Kier molecular flexibility index (Phi) is 7.72. The summed E-state index contributed by atoms with van der Waals surface area (Å²) in [6.07, 6.45) is 1.51. The minimum Gasteiger partial charge on any atom is -0.393 e. The van der Waals surface area contributed by atoms with Crippen LogP contribution >= 0.6 is 22.9 Å². The fourth-order valence-corrected chi connectivity index (χ4v) is 4.49. The summed E-state index contributed by atoms with van der Waals surface area (Å²) < 4.78 is 18.4. The van der Waals surface area contributed by atoms with Gasteiger partial charge in [-0.1, -0.05) is 41.9 Å². The molecule has 1 aliphatic heterocycles. The lowest BCUT2D eigenvalue weighted by Crippen LogP contribution is -2.33. The van der Waals surface area contributed by atoms with Crippen molar-refractivity contribution in [1.29, 1.82) is 0 Å². The van der Waals surface area contributed by atoms with Gasteiger partial charge in [0, 0.05) is 22.4 Å². The molecule has 1 fully saturated rings. The minimum absolute atomic E-state index is 0.141. The van der Waals surface area contributed by atoms with E-state index in [1.54, 1.807) is 42.5 Å². The second kappa shape index (κ2) is 10.9. The first-order chi connectivity index (χ1) is 16.0. The Balaban J connectivity index is 1.43. The Labute approximate surface area is 199 Å². The number of carbonyl (C=O) groups excluding carboxylic acids is 1. The Morgan fingerprint density at radius 2 is 2.09 bits per heavy atom. The number of ether oxygens (including phenoxy) is 1. The molecule has 2 heterocycles. The number of hydrazone groups is 1. The van der Waals surface area contributed by atoms with Gasteiger partial charge in [-0.05, 0) is 52.8 Å². The average Bonchev–Trinajstić information content (AvgIpc) is 3.36. The molecular formula is C24H22ClFN2O4S. The third kappa shape index (κ3) is 6.17.